The van der Waals surface area contributed by atoms with Crippen LogP contribution in [0.25, 0.3) is 0 Å². The van der Waals surface area contributed by atoms with Gasteiger partial charge in [0.05, 0.1) is 0 Å². The van der Waals surface area contributed by atoms with Crippen molar-refractivity contribution in [2.24, 2.45) is 0 Å². The van der Waals surface area contributed by atoms with Gasteiger partial charge in [-0.3, -0.25) is 0 Å². The van der Waals surface area contributed by atoms with Crippen LogP contribution in [-0.2, 0) is 17.1 Å². The van der Waals surface area contributed by atoms with Crippen molar-refractivity contribution in [1.29, 1.82) is 0 Å². The van der Waals surface area contributed by atoms with E-state index in [1.54, 1.807) is 0 Å². The van der Waals surface area contributed by atoms with E-state index in [9.17, 15) is 0 Å². The Labute approximate surface area is 95.9 Å². The molecule has 0 aromatic heterocycles. The van der Waals surface area contributed by atoms with Gasteiger partial charge in [0.2, 0.25) is 0 Å². The maximum absolute atomic E-state index is 0. The maximum atomic E-state index is 0. The predicted octanol–water partition coefficient (Wildman–Crippen LogP) is -0.497. The molecule has 0 aliphatic rings. The van der Waals surface area contributed by atoms with Crippen molar-refractivity contribution in [3.8, 4) is 0 Å². The monoisotopic (exact) mass is 514 g/mol. The molecule has 0 aliphatic heterocycles. The van der Waals surface area contributed by atoms with E-state index in [4.69, 9.17) is 0 Å². The molecule has 0 N–H and O–H groups in total. The average Bonchev–Trinajstić information content (AvgIpc) is 0. The SMILES string of the molecule is [Bi].[Cu].[S].[Se].[Te]. The molecule has 0 aliphatic carbocycles. The Morgan fingerprint density at radius 2 is 1.00 bits per heavy atom. The molecule has 5 heteroatoms. The smallest absolute Gasteiger partial charge is 0 e. The van der Waals surface area contributed by atoms with Crippen LogP contribution in [0, 0.1) is 0 Å². The van der Waals surface area contributed by atoms with Crippen molar-refractivity contribution < 1.29 is 17.1 Å². The van der Waals surface area contributed by atoms with Gasteiger partial charge in [0.15, 0.2) is 0 Å². The van der Waals surface area contributed by atoms with Gasteiger partial charge < -0.3 is 0 Å². The zero-order valence-corrected chi connectivity index (χ0v) is 11.3. The molecule has 0 unspecified atom stereocenters. The third-order valence-corrected chi connectivity index (χ3v) is 0. The van der Waals surface area contributed by atoms with Crippen LogP contribution in [0.5, 0.6) is 0 Å². The van der Waals surface area contributed by atoms with E-state index >= 15 is 0 Å². The molecule has 5 heavy (non-hydrogen) atoms. The van der Waals surface area contributed by atoms with Crippen molar-refractivity contribution in [3.05, 3.63) is 0 Å². The first kappa shape index (κ1) is 42.9. The maximum Gasteiger partial charge on any atom is 0 e. The molecule has 0 aromatic carbocycles. The molecule has 0 saturated heterocycles. The minimum atomic E-state index is 0. The summed E-state index contributed by atoms with van der Waals surface area (Å²) in [6.45, 7) is 0. The Morgan fingerprint density at radius 3 is 1.00 bits per heavy atom. The summed E-state index contributed by atoms with van der Waals surface area (Å²) in [5.74, 6) is 0. The summed E-state index contributed by atoms with van der Waals surface area (Å²) >= 11 is 0. The Bertz CT molecular complexity index is 11.6. The first-order valence-corrected chi connectivity index (χ1v) is 0. The second-order valence-corrected chi connectivity index (χ2v) is 0. The van der Waals surface area contributed by atoms with Gasteiger partial charge in [-0.15, -0.1) is 0 Å². The summed E-state index contributed by atoms with van der Waals surface area (Å²) in [5, 5.41) is 0. The van der Waals surface area contributed by atoms with Crippen molar-refractivity contribution in [3.63, 3.8) is 0 Å². The minimum Gasteiger partial charge on any atom is 0 e. The molecule has 0 saturated carbocycles. The summed E-state index contributed by atoms with van der Waals surface area (Å²) in [4.78, 5) is 0. The first-order chi connectivity index (χ1) is 0. The standard InChI is InChI=1S/Bi.Cu.S.Se.Te. The molecule has 0 bridgehead atoms. The number of hydrogen-bond donors (Lipinski definition) is 0. The van der Waals surface area contributed by atoms with E-state index in [1.807, 2.05) is 0 Å². The summed E-state index contributed by atoms with van der Waals surface area (Å²) < 4.78 is 0. The van der Waals surface area contributed by atoms with E-state index < -0.39 is 0 Å². The van der Waals surface area contributed by atoms with Gasteiger partial charge in [0.25, 0.3) is 0 Å². The van der Waals surface area contributed by atoms with Crippen LogP contribution in [-0.4, -0.2) is 66.9 Å². The van der Waals surface area contributed by atoms with Crippen LogP contribution in [0.4, 0.5) is 0 Å². The third kappa shape index (κ3) is 19.3. The molecule has 10 radical (unpaired) electrons. The minimum absolute atomic E-state index is 0. The van der Waals surface area contributed by atoms with Gasteiger partial charge in [0.1, 0.15) is 0 Å². The van der Waals surface area contributed by atoms with Gasteiger partial charge in [-0.2, -0.15) is 0 Å². The molecule has 0 aromatic rings. The molecular formula is BiCuSSeTe. The molecular weight excluding hydrogens is 511 g/mol. The second kappa shape index (κ2) is 27.7. The van der Waals surface area contributed by atoms with Crippen LogP contribution in [0.15, 0.2) is 0 Å². The fourth-order valence-electron chi connectivity index (χ4n) is 0. The molecule has 0 fully saturated rings. The van der Waals surface area contributed by atoms with Crippen LogP contribution < -0.4 is 0 Å². The van der Waals surface area contributed by atoms with Crippen LogP contribution in [0.2, 0.25) is 0 Å². The quantitative estimate of drug-likeness (QED) is 0.386. The zero-order valence-electron chi connectivity index (χ0n) is 1.97. The Balaban J connectivity index is 0. The number of rotatable bonds is 0. The first-order valence-electron chi connectivity index (χ1n) is 0. The van der Waals surface area contributed by atoms with E-state index in [-0.39, 0.29) is 97.5 Å². The van der Waals surface area contributed by atoms with E-state index in [0.717, 1.165) is 0 Å². The summed E-state index contributed by atoms with van der Waals surface area (Å²) in [7, 11) is 0. The van der Waals surface area contributed by atoms with E-state index in [2.05, 4.69) is 0 Å². The topological polar surface area (TPSA) is 0 Å². The summed E-state index contributed by atoms with van der Waals surface area (Å²) in [6.07, 6.45) is 0. The Morgan fingerprint density at radius 1 is 1.00 bits per heavy atom. The molecule has 0 nitrogen and oxygen atoms in total. The van der Waals surface area contributed by atoms with Crippen molar-refractivity contribution in [2.75, 3.05) is 0 Å². The van der Waals surface area contributed by atoms with Gasteiger partial charge in [-0.05, 0) is 0 Å². The van der Waals surface area contributed by atoms with Gasteiger partial charge in [-0.25, -0.2) is 0 Å². The van der Waals surface area contributed by atoms with Gasteiger partial charge in [0, 0.05) is 97.5 Å². The molecule has 0 rings (SSSR count). The van der Waals surface area contributed by atoms with Crippen molar-refractivity contribution in [1.82, 2.24) is 0 Å². The normalized spacial score (nSPS) is 0. The molecule has 0 heterocycles. The third-order valence-electron chi connectivity index (χ3n) is 0. The van der Waals surface area contributed by atoms with Gasteiger partial charge >= 0.3 is 0 Å². The van der Waals surface area contributed by atoms with Crippen LogP contribution in [0.1, 0.15) is 0 Å². The van der Waals surface area contributed by atoms with Crippen LogP contribution in [0.3, 0.4) is 0 Å². The molecule has 0 amide bonds. The van der Waals surface area contributed by atoms with E-state index in [0.29, 0.717) is 0 Å². The second-order valence-electron chi connectivity index (χ2n) is 0. The molecule has 0 spiro atoms. The van der Waals surface area contributed by atoms with Crippen LogP contribution >= 0.6 is 13.5 Å². The number of hydrogen-bond acceptors (Lipinski definition) is 0. The summed E-state index contributed by atoms with van der Waals surface area (Å²) in [5.41, 5.74) is 0. The van der Waals surface area contributed by atoms with Crippen molar-refractivity contribution in [2.45, 2.75) is 0 Å². The Hall–Kier alpha value is 3.06. The molecule has 0 atom stereocenters. The van der Waals surface area contributed by atoms with Gasteiger partial charge in [-0.1, -0.05) is 0 Å². The zero-order chi connectivity index (χ0) is 0. The average molecular weight is 511 g/mol. The largest absolute Gasteiger partial charge is 0 e. The predicted molar refractivity (Wildman–Crippen MR) is 24.9 cm³/mol. The van der Waals surface area contributed by atoms with Crippen molar-refractivity contribution >= 4 is 80.4 Å². The fourth-order valence-corrected chi connectivity index (χ4v) is 0. The Kier molecular flexibility index (Phi) is 237. The summed E-state index contributed by atoms with van der Waals surface area (Å²) in [6, 6.07) is 0. The van der Waals surface area contributed by atoms with E-state index in [1.165, 1.54) is 0 Å². The molecule has 34 valence electrons. The fraction of sp³-hybridized carbons (Fsp3) is 0.